The van der Waals surface area contributed by atoms with Crippen molar-refractivity contribution in [1.29, 1.82) is 0 Å². The van der Waals surface area contributed by atoms with Crippen molar-refractivity contribution in [3.8, 4) is 5.75 Å². The summed E-state index contributed by atoms with van der Waals surface area (Å²) < 4.78 is 19.5. The van der Waals surface area contributed by atoms with E-state index < -0.39 is 5.82 Å². The number of Topliss-reactive ketones (excluding diaryl/α,β-unsaturated/α-hetero) is 1. The van der Waals surface area contributed by atoms with E-state index in [1.165, 1.54) is 6.07 Å². The van der Waals surface area contributed by atoms with Gasteiger partial charge in [0.05, 0.1) is 6.61 Å². The van der Waals surface area contributed by atoms with Crippen LogP contribution in [-0.2, 0) is 17.6 Å². The van der Waals surface area contributed by atoms with Gasteiger partial charge >= 0.3 is 0 Å². The molecule has 6 heteroatoms. The molecule has 0 saturated heterocycles. The van der Waals surface area contributed by atoms with E-state index in [4.69, 9.17) is 4.74 Å². The van der Waals surface area contributed by atoms with Crippen molar-refractivity contribution in [2.24, 2.45) is 0 Å². The zero-order valence-electron chi connectivity index (χ0n) is 13.2. The molecule has 0 radical (unpaired) electrons. The van der Waals surface area contributed by atoms with Crippen molar-refractivity contribution >= 4 is 22.6 Å². The van der Waals surface area contributed by atoms with Gasteiger partial charge in [0.15, 0.2) is 11.6 Å². The Morgan fingerprint density at radius 2 is 2.22 bits per heavy atom. The molecule has 5 nitrogen and oxygen atoms in total. The monoisotopic (exact) mass is 318 g/mol. The number of aryl methyl sites for hydroxylation is 1. The van der Waals surface area contributed by atoms with Crippen LogP contribution in [0.15, 0.2) is 6.07 Å². The molecule has 122 valence electrons. The summed E-state index contributed by atoms with van der Waals surface area (Å²) in [5.41, 5.74) is 2.68. The third-order valence-corrected chi connectivity index (χ3v) is 4.20. The number of nitrogens with one attached hydrogen (secondary N) is 2. The summed E-state index contributed by atoms with van der Waals surface area (Å²) in [6.45, 7) is 1.99. The number of hydrogen-bond acceptors (Lipinski definition) is 3. The summed E-state index contributed by atoms with van der Waals surface area (Å²) in [5, 5.41) is 3.46. The Balaban J connectivity index is 2.14. The summed E-state index contributed by atoms with van der Waals surface area (Å²) >= 11 is 0. The molecule has 2 heterocycles. The van der Waals surface area contributed by atoms with Gasteiger partial charge < -0.3 is 19.8 Å². The van der Waals surface area contributed by atoms with Crippen LogP contribution >= 0.6 is 0 Å². The van der Waals surface area contributed by atoms with Crippen molar-refractivity contribution in [2.75, 3.05) is 13.7 Å². The lowest BCUT2D eigenvalue weighted by Crippen LogP contribution is -2.19. The van der Waals surface area contributed by atoms with Crippen LogP contribution in [0.1, 0.15) is 41.4 Å². The molecule has 0 bridgehead atoms. The van der Waals surface area contributed by atoms with Gasteiger partial charge in [0.25, 0.3) is 5.91 Å². The molecule has 1 amide bonds. The second kappa shape index (κ2) is 6.02. The quantitative estimate of drug-likeness (QED) is 0.890. The lowest BCUT2D eigenvalue weighted by Gasteiger charge is -2.06. The summed E-state index contributed by atoms with van der Waals surface area (Å²) in [6.07, 6.45) is 2.31. The predicted molar refractivity (Wildman–Crippen MR) is 84.5 cm³/mol. The number of rotatable bonds is 5. The fourth-order valence-electron chi connectivity index (χ4n) is 3.20. The van der Waals surface area contributed by atoms with Gasteiger partial charge in [0.1, 0.15) is 11.5 Å². The highest BCUT2D eigenvalue weighted by Crippen LogP contribution is 2.38. The highest BCUT2D eigenvalue weighted by molar-refractivity contribution is 6.02. The number of benzene rings is 1. The summed E-state index contributed by atoms with van der Waals surface area (Å²) in [7, 11) is 1.56. The van der Waals surface area contributed by atoms with Crippen LogP contribution in [0.5, 0.6) is 5.75 Å². The van der Waals surface area contributed by atoms with E-state index in [0.29, 0.717) is 43.5 Å². The first kappa shape index (κ1) is 15.5. The second-order valence-corrected chi connectivity index (χ2v) is 5.80. The van der Waals surface area contributed by atoms with Crippen LogP contribution in [0, 0.1) is 5.82 Å². The maximum atomic E-state index is 14.1. The van der Waals surface area contributed by atoms with Crippen molar-refractivity contribution in [2.45, 2.75) is 32.6 Å². The molecular weight excluding hydrogens is 299 g/mol. The Hall–Kier alpha value is -2.37. The number of fused-ring (bicyclic) bond motifs is 3. The Labute approximate surface area is 133 Å². The normalized spacial score (nSPS) is 13.0. The SMILES string of the molecule is CNC(=O)c1[nH]c2cc(F)c3c(c2c1CCCC(C)=O)CCO3. The van der Waals surface area contributed by atoms with E-state index in [2.05, 4.69) is 10.3 Å². The van der Waals surface area contributed by atoms with Gasteiger partial charge in [-0.3, -0.25) is 4.79 Å². The van der Waals surface area contributed by atoms with Crippen molar-refractivity contribution in [3.63, 3.8) is 0 Å². The molecule has 0 spiro atoms. The Morgan fingerprint density at radius 3 is 2.91 bits per heavy atom. The summed E-state index contributed by atoms with van der Waals surface area (Å²) in [4.78, 5) is 26.4. The highest BCUT2D eigenvalue weighted by Gasteiger charge is 2.26. The Bertz CT molecular complexity index is 795. The van der Waals surface area contributed by atoms with E-state index in [1.54, 1.807) is 14.0 Å². The molecule has 1 aliphatic heterocycles. The lowest BCUT2D eigenvalue weighted by molar-refractivity contribution is -0.117. The number of amides is 1. The number of hydrogen-bond donors (Lipinski definition) is 2. The van der Waals surface area contributed by atoms with Crippen LogP contribution in [0.2, 0.25) is 0 Å². The summed E-state index contributed by atoms with van der Waals surface area (Å²) in [6, 6.07) is 1.38. The van der Waals surface area contributed by atoms with Gasteiger partial charge in [0, 0.05) is 42.4 Å². The van der Waals surface area contributed by atoms with Crippen molar-refractivity contribution < 1.29 is 18.7 Å². The number of carbonyl (C=O) groups excluding carboxylic acids is 2. The van der Waals surface area contributed by atoms with E-state index in [9.17, 15) is 14.0 Å². The van der Waals surface area contributed by atoms with Crippen LogP contribution in [0.3, 0.4) is 0 Å². The molecule has 3 rings (SSSR count). The standard InChI is InChI=1S/C17H19FN2O3/c1-9(21)4-3-5-10-14-11-6-7-23-16(11)12(18)8-13(14)20-15(10)17(22)19-2/h8,20H,3-7H2,1-2H3,(H,19,22). The van der Waals surface area contributed by atoms with E-state index in [0.717, 1.165) is 16.5 Å². The number of H-pyrrole nitrogens is 1. The molecule has 1 aromatic heterocycles. The minimum Gasteiger partial charge on any atom is -0.490 e. The Morgan fingerprint density at radius 1 is 1.43 bits per heavy atom. The molecule has 0 atom stereocenters. The predicted octanol–water partition coefficient (Wildman–Crippen LogP) is 2.51. The molecule has 1 aliphatic rings. The topological polar surface area (TPSA) is 71.2 Å². The fraction of sp³-hybridized carbons (Fsp3) is 0.412. The largest absolute Gasteiger partial charge is 0.490 e. The molecular formula is C17H19FN2O3. The van der Waals surface area contributed by atoms with Gasteiger partial charge in [-0.25, -0.2) is 4.39 Å². The third-order valence-electron chi connectivity index (χ3n) is 4.20. The molecule has 2 N–H and O–H groups in total. The fourth-order valence-corrected chi connectivity index (χ4v) is 3.20. The maximum Gasteiger partial charge on any atom is 0.267 e. The minimum absolute atomic E-state index is 0.117. The van der Waals surface area contributed by atoms with Crippen LogP contribution in [0.4, 0.5) is 4.39 Å². The first-order valence-corrected chi connectivity index (χ1v) is 7.73. The zero-order valence-corrected chi connectivity index (χ0v) is 13.2. The summed E-state index contributed by atoms with van der Waals surface area (Å²) in [5.74, 6) is -0.254. The highest BCUT2D eigenvalue weighted by atomic mass is 19.1. The number of ether oxygens (including phenoxy) is 1. The average Bonchev–Trinajstić information content (AvgIpc) is 3.11. The number of aromatic amines is 1. The van der Waals surface area contributed by atoms with Gasteiger partial charge in [-0.2, -0.15) is 0 Å². The van der Waals surface area contributed by atoms with Crippen LogP contribution < -0.4 is 10.1 Å². The zero-order chi connectivity index (χ0) is 16.6. The number of carbonyl (C=O) groups is 2. The second-order valence-electron chi connectivity index (χ2n) is 5.80. The number of aromatic nitrogens is 1. The number of ketones is 1. The molecule has 2 aromatic rings. The smallest absolute Gasteiger partial charge is 0.267 e. The molecule has 0 saturated carbocycles. The van der Waals surface area contributed by atoms with Crippen molar-refractivity contribution in [3.05, 3.63) is 28.7 Å². The molecule has 0 fully saturated rings. The molecule has 0 aliphatic carbocycles. The van der Waals surface area contributed by atoms with Gasteiger partial charge in [0.2, 0.25) is 0 Å². The average molecular weight is 318 g/mol. The third kappa shape index (κ3) is 2.69. The maximum absolute atomic E-state index is 14.1. The van der Waals surface area contributed by atoms with Gasteiger partial charge in [-0.05, 0) is 25.3 Å². The lowest BCUT2D eigenvalue weighted by atomic mass is 9.98. The van der Waals surface area contributed by atoms with E-state index >= 15 is 0 Å². The first-order chi connectivity index (χ1) is 11.0. The van der Waals surface area contributed by atoms with Crippen molar-refractivity contribution in [1.82, 2.24) is 10.3 Å². The molecule has 23 heavy (non-hydrogen) atoms. The number of halogens is 1. The van der Waals surface area contributed by atoms with Crippen LogP contribution in [0.25, 0.3) is 10.9 Å². The van der Waals surface area contributed by atoms with E-state index in [1.807, 2.05) is 0 Å². The molecule has 0 unspecified atom stereocenters. The first-order valence-electron chi connectivity index (χ1n) is 7.73. The van der Waals surface area contributed by atoms with E-state index in [-0.39, 0.29) is 17.4 Å². The van der Waals surface area contributed by atoms with Gasteiger partial charge in [-0.15, -0.1) is 0 Å². The van der Waals surface area contributed by atoms with Crippen LogP contribution in [-0.4, -0.2) is 30.3 Å². The molecule has 1 aromatic carbocycles. The Kier molecular flexibility index (Phi) is 4.07. The van der Waals surface area contributed by atoms with Gasteiger partial charge in [-0.1, -0.05) is 0 Å². The minimum atomic E-state index is -0.412.